The number of nitrogens with one attached hydrogen (secondary N) is 1. The van der Waals surface area contributed by atoms with Gasteiger partial charge >= 0.3 is 7.60 Å². The second-order valence-corrected chi connectivity index (χ2v) is 5.45. The smallest absolute Gasteiger partial charge is 0.308 e. The minimum absolute atomic E-state index is 0.212. The van der Waals surface area contributed by atoms with Crippen molar-refractivity contribution in [2.24, 2.45) is 0 Å². The molecule has 0 unspecified atom stereocenters. The van der Waals surface area contributed by atoms with Crippen LogP contribution in [0.3, 0.4) is 0 Å². The van der Waals surface area contributed by atoms with Gasteiger partial charge < -0.3 is 14.4 Å². The first-order valence-corrected chi connectivity index (χ1v) is 7.40. The normalized spacial score (nSPS) is 11.6. The van der Waals surface area contributed by atoms with Gasteiger partial charge in [-0.2, -0.15) is 0 Å². The van der Waals surface area contributed by atoms with Crippen molar-refractivity contribution < 1.29 is 13.6 Å². The van der Waals surface area contributed by atoms with Crippen LogP contribution in [0.2, 0.25) is 0 Å². The molecule has 0 saturated carbocycles. The SMILES string of the molecule is CCOP(=O)(CNCc1cccnc1)OCC. The number of nitrogens with zero attached hydrogens (tertiary/aromatic N) is 1. The molecule has 17 heavy (non-hydrogen) atoms. The zero-order chi connectivity index (χ0) is 12.6. The second kappa shape index (κ2) is 7.56. The predicted molar refractivity (Wildman–Crippen MR) is 66.8 cm³/mol. The molecule has 1 aromatic rings. The van der Waals surface area contributed by atoms with Crippen molar-refractivity contribution >= 4 is 7.60 Å². The lowest BCUT2D eigenvalue weighted by molar-refractivity contribution is 0.218. The first kappa shape index (κ1) is 14.3. The van der Waals surface area contributed by atoms with Crippen molar-refractivity contribution in [2.45, 2.75) is 20.4 Å². The number of pyridine rings is 1. The summed E-state index contributed by atoms with van der Waals surface area (Å²) in [4.78, 5) is 4.00. The molecule has 0 aliphatic rings. The summed E-state index contributed by atoms with van der Waals surface area (Å²) in [6, 6.07) is 3.81. The van der Waals surface area contributed by atoms with Gasteiger partial charge in [-0.15, -0.1) is 0 Å². The van der Waals surface area contributed by atoms with E-state index in [2.05, 4.69) is 10.3 Å². The van der Waals surface area contributed by atoms with Gasteiger partial charge in [0.25, 0.3) is 0 Å². The Labute approximate surface area is 102 Å². The van der Waals surface area contributed by atoms with Crippen LogP contribution in [0.15, 0.2) is 24.5 Å². The maximum atomic E-state index is 12.1. The molecule has 1 aromatic heterocycles. The molecule has 0 fully saturated rings. The van der Waals surface area contributed by atoms with E-state index in [4.69, 9.17) is 9.05 Å². The average molecular weight is 258 g/mol. The molecule has 0 radical (unpaired) electrons. The monoisotopic (exact) mass is 258 g/mol. The van der Waals surface area contributed by atoms with Gasteiger partial charge in [-0.25, -0.2) is 0 Å². The van der Waals surface area contributed by atoms with Crippen molar-refractivity contribution in [1.82, 2.24) is 10.3 Å². The molecule has 0 aliphatic carbocycles. The maximum Gasteiger partial charge on any atom is 0.344 e. The molecule has 0 amide bonds. The molecule has 0 aliphatic heterocycles. The van der Waals surface area contributed by atoms with Gasteiger partial charge in [0.1, 0.15) is 0 Å². The Balaban J connectivity index is 2.40. The van der Waals surface area contributed by atoms with Crippen molar-refractivity contribution in [2.75, 3.05) is 19.5 Å². The van der Waals surface area contributed by atoms with Gasteiger partial charge in [0.05, 0.1) is 19.5 Å². The topological polar surface area (TPSA) is 60.5 Å². The molecule has 5 nitrogen and oxygen atoms in total. The van der Waals surface area contributed by atoms with Gasteiger partial charge in [0, 0.05) is 18.9 Å². The Hall–Kier alpha value is -0.740. The first-order chi connectivity index (χ1) is 8.20. The Kier molecular flexibility index (Phi) is 6.37. The summed E-state index contributed by atoms with van der Waals surface area (Å²) in [5.41, 5.74) is 1.03. The summed E-state index contributed by atoms with van der Waals surface area (Å²) in [5, 5.41) is 3.06. The standard InChI is InChI=1S/C11H19N2O3P/c1-3-15-17(14,16-4-2)10-13-9-11-6-5-7-12-8-11/h5-8,13H,3-4,9-10H2,1-2H3. The highest BCUT2D eigenvalue weighted by molar-refractivity contribution is 7.53. The van der Waals surface area contributed by atoms with Gasteiger partial charge in [-0.05, 0) is 25.5 Å². The van der Waals surface area contributed by atoms with Crippen molar-refractivity contribution in [3.05, 3.63) is 30.1 Å². The summed E-state index contributed by atoms with van der Waals surface area (Å²) in [7, 11) is -2.99. The lowest BCUT2D eigenvalue weighted by atomic mass is 10.3. The fourth-order valence-electron chi connectivity index (χ4n) is 1.36. The fourth-order valence-corrected chi connectivity index (χ4v) is 2.79. The Morgan fingerprint density at radius 1 is 1.35 bits per heavy atom. The van der Waals surface area contributed by atoms with E-state index in [1.54, 1.807) is 26.2 Å². The first-order valence-electron chi connectivity index (χ1n) is 5.68. The third-order valence-corrected chi connectivity index (χ3v) is 3.92. The molecule has 0 spiro atoms. The van der Waals surface area contributed by atoms with Crippen LogP contribution in [0, 0.1) is 0 Å². The van der Waals surface area contributed by atoms with Crippen molar-refractivity contribution in [3.8, 4) is 0 Å². The quantitative estimate of drug-likeness (QED) is 0.725. The van der Waals surface area contributed by atoms with Crippen LogP contribution in [0.4, 0.5) is 0 Å². The van der Waals surface area contributed by atoms with E-state index in [-0.39, 0.29) is 6.29 Å². The molecule has 0 atom stereocenters. The van der Waals surface area contributed by atoms with E-state index < -0.39 is 7.60 Å². The van der Waals surface area contributed by atoms with E-state index in [0.717, 1.165) is 5.56 Å². The summed E-state index contributed by atoms with van der Waals surface area (Å²) < 4.78 is 22.4. The van der Waals surface area contributed by atoms with Crippen LogP contribution in [0.5, 0.6) is 0 Å². The average Bonchev–Trinajstić information content (AvgIpc) is 2.31. The molecule has 0 saturated heterocycles. The highest BCUT2D eigenvalue weighted by atomic mass is 31.2. The molecular formula is C11H19N2O3P. The fraction of sp³-hybridized carbons (Fsp3) is 0.545. The van der Waals surface area contributed by atoms with Crippen molar-refractivity contribution in [3.63, 3.8) is 0 Å². The van der Waals surface area contributed by atoms with Gasteiger partial charge in [-0.1, -0.05) is 6.07 Å². The van der Waals surface area contributed by atoms with E-state index in [0.29, 0.717) is 19.8 Å². The minimum atomic E-state index is -2.99. The number of rotatable bonds is 8. The van der Waals surface area contributed by atoms with Crippen molar-refractivity contribution in [1.29, 1.82) is 0 Å². The number of hydrogen-bond donors (Lipinski definition) is 1. The van der Waals surface area contributed by atoms with Crippen LogP contribution in [0.25, 0.3) is 0 Å². The van der Waals surface area contributed by atoms with E-state index in [1.807, 2.05) is 12.1 Å². The predicted octanol–water partition coefficient (Wildman–Crippen LogP) is 2.39. The maximum absolute atomic E-state index is 12.1. The van der Waals surface area contributed by atoms with Gasteiger partial charge in [0.15, 0.2) is 0 Å². The number of aromatic nitrogens is 1. The van der Waals surface area contributed by atoms with Crippen LogP contribution in [-0.2, 0) is 20.2 Å². The molecule has 1 rings (SSSR count). The van der Waals surface area contributed by atoms with Crippen LogP contribution < -0.4 is 5.32 Å². The molecule has 0 aromatic carbocycles. The zero-order valence-corrected chi connectivity index (χ0v) is 11.2. The van der Waals surface area contributed by atoms with Crippen LogP contribution >= 0.6 is 7.60 Å². The highest BCUT2D eigenvalue weighted by Crippen LogP contribution is 2.46. The minimum Gasteiger partial charge on any atom is -0.308 e. The number of hydrogen-bond acceptors (Lipinski definition) is 5. The highest BCUT2D eigenvalue weighted by Gasteiger charge is 2.22. The summed E-state index contributed by atoms with van der Waals surface area (Å²) in [6.45, 7) is 4.95. The molecular weight excluding hydrogens is 239 g/mol. The Morgan fingerprint density at radius 2 is 2.06 bits per heavy atom. The van der Waals surface area contributed by atoms with Crippen LogP contribution in [0.1, 0.15) is 19.4 Å². The lowest BCUT2D eigenvalue weighted by Gasteiger charge is -2.17. The van der Waals surface area contributed by atoms with Gasteiger partial charge in [0.2, 0.25) is 0 Å². The second-order valence-electron chi connectivity index (χ2n) is 3.39. The Bertz CT molecular complexity index is 349. The molecule has 1 N–H and O–H groups in total. The largest absolute Gasteiger partial charge is 0.344 e. The molecule has 0 bridgehead atoms. The molecule has 1 heterocycles. The molecule has 6 heteroatoms. The zero-order valence-electron chi connectivity index (χ0n) is 10.3. The van der Waals surface area contributed by atoms with Gasteiger partial charge in [-0.3, -0.25) is 9.55 Å². The summed E-state index contributed by atoms with van der Waals surface area (Å²) in [6.07, 6.45) is 3.69. The van der Waals surface area contributed by atoms with Crippen LogP contribution in [-0.4, -0.2) is 24.5 Å². The molecule has 96 valence electrons. The lowest BCUT2D eigenvalue weighted by Crippen LogP contribution is -2.17. The summed E-state index contributed by atoms with van der Waals surface area (Å²) >= 11 is 0. The van der Waals surface area contributed by atoms with E-state index in [9.17, 15) is 4.57 Å². The van der Waals surface area contributed by atoms with E-state index in [1.165, 1.54) is 0 Å². The third-order valence-electron chi connectivity index (χ3n) is 2.01. The Morgan fingerprint density at radius 3 is 2.59 bits per heavy atom. The van der Waals surface area contributed by atoms with E-state index >= 15 is 0 Å². The summed E-state index contributed by atoms with van der Waals surface area (Å²) in [5.74, 6) is 0. The third kappa shape index (κ3) is 5.41.